The largest absolute Gasteiger partial charge is 0.466 e. The van der Waals surface area contributed by atoms with Gasteiger partial charge in [0.2, 0.25) is 0 Å². The van der Waals surface area contributed by atoms with Crippen LogP contribution in [-0.4, -0.2) is 18.4 Å². The highest BCUT2D eigenvalue weighted by Gasteiger charge is 2.22. The topological polar surface area (TPSA) is 43.4 Å². The monoisotopic (exact) mass is 296 g/mol. The summed E-state index contributed by atoms with van der Waals surface area (Å²) in [4.78, 5) is 24.4. The Morgan fingerprint density at radius 1 is 0.955 bits per heavy atom. The summed E-state index contributed by atoms with van der Waals surface area (Å²) in [7, 11) is 0. The summed E-state index contributed by atoms with van der Waals surface area (Å²) in [6.07, 6.45) is 0.697. The maximum Gasteiger partial charge on any atom is 0.305 e. The van der Waals surface area contributed by atoms with Gasteiger partial charge < -0.3 is 4.74 Å². The Hall–Kier alpha value is -2.42. The molecule has 2 rings (SSSR count). The van der Waals surface area contributed by atoms with Gasteiger partial charge in [-0.05, 0) is 18.9 Å². The van der Waals surface area contributed by atoms with Crippen LogP contribution >= 0.6 is 0 Å². The van der Waals surface area contributed by atoms with Crippen LogP contribution in [0, 0.1) is 0 Å². The lowest BCUT2D eigenvalue weighted by molar-refractivity contribution is -0.143. The third kappa shape index (κ3) is 4.29. The molecule has 2 aromatic rings. The molecule has 0 aromatic heterocycles. The summed E-state index contributed by atoms with van der Waals surface area (Å²) in [5.74, 6) is -0.548. The number of benzene rings is 2. The second-order valence-electron chi connectivity index (χ2n) is 5.04. The molecule has 0 spiro atoms. The van der Waals surface area contributed by atoms with Crippen molar-refractivity contribution in [3.05, 3.63) is 71.8 Å². The maximum atomic E-state index is 12.8. The first-order valence-corrected chi connectivity index (χ1v) is 7.52. The Labute approximate surface area is 130 Å². The van der Waals surface area contributed by atoms with Crippen LogP contribution in [0.15, 0.2) is 60.7 Å². The molecule has 0 N–H and O–H groups in total. The minimum absolute atomic E-state index is 0.0381. The number of rotatable bonds is 7. The average molecular weight is 296 g/mol. The van der Waals surface area contributed by atoms with E-state index in [1.165, 1.54) is 0 Å². The standard InChI is InChI=1S/C19H20O3/c1-2-22-18(20)14-13-17(15-9-5-3-6-10-15)19(21)16-11-7-4-8-12-16/h3-12,17H,2,13-14H2,1H3/t17-/m0/s1. The third-order valence-electron chi connectivity index (χ3n) is 3.52. The van der Waals surface area contributed by atoms with Crippen molar-refractivity contribution in [1.82, 2.24) is 0 Å². The van der Waals surface area contributed by atoms with E-state index in [0.717, 1.165) is 5.56 Å². The predicted octanol–water partition coefficient (Wildman–Crippen LogP) is 4.00. The molecule has 114 valence electrons. The Morgan fingerprint density at radius 2 is 1.55 bits per heavy atom. The summed E-state index contributed by atoms with van der Waals surface area (Å²) in [5, 5.41) is 0. The summed E-state index contributed by atoms with van der Waals surface area (Å²) in [5.41, 5.74) is 1.60. The average Bonchev–Trinajstić information content (AvgIpc) is 2.57. The van der Waals surface area contributed by atoms with E-state index in [2.05, 4.69) is 0 Å². The van der Waals surface area contributed by atoms with E-state index < -0.39 is 0 Å². The van der Waals surface area contributed by atoms with E-state index in [9.17, 15) is 9.59 Å². The molecule has 0 fully saturated rings. The van der Waals surface area contributed by atoms with Gasteiger partial charge in [0.15, 0.2) is 5.78 Å². The van der Waals surface area contributed by atoms with E-state index in [1.54, 1.807) is 6.92 Å². The second-order valence-corrected chi connectivity index (χ2v) is 5.04. The van der Waals surface area contributed by atoms with Gasteiger partial charge in [-0.25, -0.2) is 0 Å². The highest BCUT2D eigenvalue weighted by atomic mass is 16.5. The van der Waals surface area contributed by atoms with Crippen LogP contribution in [0.1, 0.15) is 41.6 Å². The molecule has 0 radical (unpaired) electrons. The zero-order valence-corrected chi connectivity index (χ0v) is 12.7. The molecule has 3 heteroatoms. The molecule has 0 aliphatic heterocycles. The fourth-order valence-electron chi connectivity index (χ4n) is 2.43. The van der Waals surface area contributed by atoms with Crippen molar-refractivity contribution in [3.63, 3.8) is 0 Å². The molecule has 22 heavy (non-hydrogen) atoms. The normalized spacial score (nSPS) is 11.7. The van der Waals surface area contributed by atoms with Gasteiger partial charge in [-0.15, -0.1) is 0 Å². The Bertz CT molecular complexity index is 605. The van der Waals surface area contributed by atoms with Gasteiger partial charge in [0.1, 0.15) is 0 Å². The molecule has 0 amide bonds. The fourth-order valence-corrected chi connectivity index (χ4v) is 2.43. The van der Waals surface area contributed by atoms with Gasteiger partial charge in [0, 0.05) is 17.9 Å². The first-order chi connectivity index (χ1) is 10.7. The number of carbonyl (C=O) groups is 2. The van der Waals surface area contributed by atoms with Crippen LogP contribution in [0.2, 0.25) is 0 Å². The molecular weight excluding hydrogens is 276 g/mol. The molecule has 0 aliphatic carbocycles. The Morgan fingerprint density at radius 3 is 2.14 bits per heavy atom. The van der Waals surface area contributed by atoms with Gasteiger partial charge in [0.25, 0.3) is 0 Å². The van der Waals surface area contributed by atoms with Crippen molar-refractivity contribution in [1.29, 1.82) is 0 Å². The summed E-state index contributed by atoms with van der Waals surface area (Å²) in [6, 6.07) is 18.8. The van der Waals surface area contributed by atoms with Crippen molar-refractivity contribution < 1.29 is 14.3 Å². The number of Topliss-reactive ketones (excluding diaryl/α,β-unsaturated/α-hetero) is 1. The van der Waals surface area contributed by atoms with Crippen molar-refractivity contribution in [2.24, 2.45) is 0 Å². The molecule has 3 nitrogen and oxygen atoms in total. The van der Waals surface area contributed by atoms with Gasteiger partial charge in [-0.3, -0.25) is 9.59 Å². The van der Waals surface area contributed by atoms with Crippen LogP contribution < -0.4 is 0 Å². The highest BCUT2D eigenvalue weighted by molar-refractivity contribution is 6.01. The minimum Gasteiger partial charge on any atom is -0.466 e. The van der Waals surface area contributed by atoms with Gasteiger partial charge in [-0.1, -0.05) is 60.7 Å². The quantitative estimate of drug-likeness (QED) is 0.573. The molecule has 0 bridgehead atoms. The predicted molar refractivity (Wildman–Crippen MR) is 85.8 cm³/mol. The van der Waals surface area contributed by atoms with E-state index in [-0.39, 0.29) is 24.1 Å². The van der Waals surface area contributed by atoms with E-state index in [4.69, 9.17) is 4.74 Å². The summed E-state index contributed by atoms with van der Waals surface area (Å²) >= 11 is 0. The SMILES string of the molecule is CCOC(=O)CC[C@H](C(=O)c1ccccc1)c1ccccc1. The fraction of sp³-hybridized carbons (Fsp3) is 0.263. The first-order valence-electron chi connectivity index (χ1n) is 7.52. The smallest absolute Gasteiger partial charge is 0.305 e. The molecule has 0 unspecified atom stereocenters. The number of hydrogen-bond donors (Lipinski definition) is 0. The second kappa shape index (κ2) is 8.13. The van der Waals surface area contributed by atoms with Gasteiger partial charge in [-0.2, -0.15) is 0 Å². The van der Waals surface area contributed by atoms with Crippen molar-refractivity contribution >= 4 is 11.8 Å². The summed E-state index contributed by atoms with van der Waals surface area (Å²) < 4.78 is 4.96. The molecule has 0 saturated heterocycles. The number of ether oxygens (including phenoxy) is 1. The van der Waals surface area contributed by atoms with Crippen LogP contribution in [0.4, 0.5) is 0 Å². The zero-order valence-electron chi connectivity index (χ0n) is 12.7. The molecule has 2 aromatic carbocycles. The highest BCUT2D eigenvalue weighted by Crippen LogP contribution is 2.26. The summed E-state index contributed by atoms with van der Waals surface area (Å²) in [6.45, 7) is 2.14. The molecule has 1 atom stereocenters. The van der Waals surface area contributed by atoms with Gasteiger partial charge >= 0.3 is 5.97 Å². The number of hydrogen-bond acceptors (Lipinski definition) is 3. The molecule has 0 aliphatic rings. The van der Waals surface area contributed by atoms with Gasteiger partial charge in [0.05, 0.1) is 6.61 Å². The first kappa shape index (κ1) is 16.0. The third-order valence-corrected chi connectivity index (χ3v) is 3.52. The Balaban J connectivity index is 2.19. The van der Waals surface area contributed by atoms with E-state index in [1.807, 2.05) is 60.7 Å². The molecule has 0 heterocycles. The molecule has 0 saturated carbocycles. The molecular formula is C19H20O3. The lowest BCUT2D eigenvalue weighted by atomic mass is 9.87. The van der Waals surface area contributed by atoms with Crippen LogP contribution in [0.25, 0.3) is 0 Å². The zero-order chi connectivity index (χ0) is 15.8. The van der Waals surface area contributed by atoms with Crippen molar-refractivity contribution in [2.45, 2.75) is 25.7 Å². The van der Waals surface area contributed by atoms with Crippen molar-refractivity contribution in [3.8, 4) is 0 Å². The lowest BCUT2D eigenvalue weighted by Gasteiger charge is -2.16. The Kier molecular flexibility index (Phi) is 5.90. The van der Waals surface area contributed by atoms with E-state index in [0.29, 0.717) is 18.6 Å². The van der Waals surface area contributed by atoms with E-state index >= 15 is 0 Å². The maximum absolute atomic E-state index is 12.8. The number of ketones is 1. The van der Waals surface area contributed by atoms with Crippen LogP contribution in [0.5, 0.6) is 0 Å². The lowest BCUT2D eigenvalue weighted by Crippen LogP contribution is -2.15. The number of esters is 1. The minimum atomic E-state index is -0.326. The number of carbonyl (C=O) groups excluding carboxylic acids is 2. The van der Waals surface area contributed by atoms with Crippen molar-refractivity contribution in [2.75, 3.05) is 6.61 Å². The van der Waals surface area contributed by atoms with Crippen LogP contribution in [-0.2, 0) is 9.53 Å². The van der Waals surface area contributed by atoms with Crippen LogP contribution in [0.3, 0.4) is 0 Å².